The second-order valence-corrected chi connectivity index (χ2v) is 5.30. The van der Waals surface area contributed by atoms with Gasteiger partial charge in [-0.3, -0.25) is 0 Å². The number of hydrogen-bond acceptors (Lipinski definition) is 4. The van der Waals surface area contributed by atoms with E-state index in [1.807, 2.05) is 31.2 Å². The zero-order valence-corrected chi connectivity index (χ0v) is 13.9. The number of aliphatic hydroxyl groups excluding tert-OH is 1. The molecule has 0 fully saturated rings. The van der Waals surface area contributed by atoms with Crippen LogP contribution in [0.15, 0.2) is 42.5 Å². The van der Waals surface area contributed by atoms with Crippen LogP contribution in [0, 0.1) is 5.82 Å². The van der Waals surface area contributed by atoms with Gasteiger partial charge in [-0.2, -0.15) is 0 Å². The van der Waals surface area contributed by atoms with Crippen molar-refractivity contribution in [2.75, 3.05) is 26.4 Å². The fraction of sp³-hybridized carbons (Fsp3) is 0.368. The second-order valence-electron chi connectivity index (χ2n) is 5.30. The molecule has 0 aliphatic heterocycles. The first-order chi connectivity index (χ1) is 11.7. The lowest BCUT2D eigenvalue weighted by Crippen LogP contribution is -2.17. The number of rotatable bonds is 10. The number of benzene rings is 2. The molecule has 2 aromatic rings. The van der Waals surface area contributed by atoms with Crippen LogP contribution in [0.2, 0.25) is 0 Å². The molecule has 0 atom stereocenters. The largest absolute Gasteiger partial charge is 0.490 e. The summed E-state index contributed by atoms with van der Waals surface area (Å²) in [5.74, 6) is 1.13. The van der Waals surface area contributed by atoms with Crippen LogP contribution in [0.4, 0.5) is 4.39 Å². The first-order valence-corrected chi connectivity index (χ1v) is 8.18. The SMILES string of the molecule is CCOc1cc(CNCCc2ccccc2F)ccc1OCCO. The normalized spacial score (nSPS) is 10.6. The molecule has 0 unspecified atom stereocenters. The molecule has 130 valence electrons. The van der Waals surface area contributed by atoms with E-state index in [2.05, 4.69) is 5.32 Å². The van der Waals surface area contributed by atoms with E-state index in [0.29, 0.717) is 43.2 Å². The lowest BCUT2D eigenvalue weighted by atomic mass is 10.1. The molecule has 0 saturated carbocycles. The summed E-state index contributed by atoms with van der Waals surface area (Å²) in [6.07, 6.45) is 0.642. The summed E-state index contributed by atoms with van der Waals surface area (Å²) in [5, 5.41) is 12.2. The smallest absolute Gasteiger partial charge is 0.161 e. The predicted octanol–water partition coefficient (Wildman–Crippen LogP) is 2.93. The Labute approximate surface area is 142 Å². The number of aliphatic hydroxyl groups is 1. The Kier molecular flexibility index (Phi) is 7.52. The van der Waals surface area contributed by atoms with Gasteiger partial charge in [0.25, 0.3) is 0 Å². The van der Waals surface area contributed by atoms with Crippen molar-refractivity contribution < 1.29 is 19.0 Å². The maximum atomic E-state index is 13.5. The van der Waals surface area contributed by atoms with Gasteiger partial charge in [-0.25, -0.2) is 4.39 Å². The number of nitrogens with one attached hydrogen (secondary N) is 1. The molecule has 0 saturated heterocycles. The molecule has 0 aliphatic carbocycles. The van der Waals surface area contributed by atoms with E-state index >= 15 is 0 Å². The molecule has 0 aliphatic rings. The van der Waals surface area contributed by atoms with Crippen molar-refractivity contribution in [3.05, 3.63) is 59.4 Å². The molecule has 0 spiro atoms. The molecule has 2 N–H and O–H groups in total. The van der Waals surface area contributed by atoms with Gasteiger partial charge in [-0.1, -0.05) is 24.3 Å². The van der Waals surface area contributed by atoms with Gasteiger partial charge in [0.1, 0.15) is 12.4 Å². The van der Waals surface area contributed by atoms with Crippen molar-refractivity contribution in [1.29, 1.82) is 0 Å². The maximum absolute atomic E-state index is 13.5. The summed E-state index contributed by atoms with van der Waals surface area (Å²) in [6.45, 7) is 4.00. The number of halogens is 1. The van der Waals surface area contributed by atoms with Gasteiger partial charge in [-0.15, -0.1) is 0 Å². The zero-order chi connectivity index (χ0) is 17.2. The Bertz CT molecular complexity index is 634. The third-order valence-corrected chi connectivity index (χ3v) is 3.51. The first kappa shape index (κ1) is 18.2. The minimum Gasteiger partial charge on any atom is -0.490 e. The minimum atomic E-state index is -0.164. The molecule has 2 aromatic carbocycles. The van der Waals surface area contributed by atoms with E-state index in [1.165, 1.54) is 6.07 Å². The quantitative estimate of drug-likeness (QED) is 0.657. The highest BCUT2D eigenvalue weighted by Gasteiger charge is 2.07. The molecular formula is C19H24FNO3. The Morgan fingerprint density at radius 2 is 1.92 bits per heavy atom. The summed E-state index contributed by atoms with van der Waals surface area (Å²) in [4.78, 5) is 0. The average molecular weight is 333 g/mol. The van der Waals surface area contributed by atoms with Crippen LogP contribution in [-0.2, 0) is 13.0 Å². The van der Waals surface area contributed by atoms with Gasteiger partial charge in [0, 0.05) is 6.54 Å². The van der Waals surface area contributed by atoms with E-state index in [-0.39, 0.29) is 19.0 Å². The van der Waals surface area contributed by atoms with Gasteiger partial charge in [0.05, 0.1) is 13.2 Å². The van der Waals surface area contributed by atoms with Gasteiger partial charge in [-0.05, 0) is 49.2 Å². The minimum absolute atomic E-state index is 0.0368. The summed E-state index contributed by atoms with van der Waals surface area (Å²) >= 11 is 0. The summed E-state index contributed by atoms with van der Waals surface area (Å²) < 4.78 is 24.6. The van der Waals surface area contributed by atoms with Gasteiger partial charge < -0.3 is 19.9 Å². The highest BCUT2D eigenvalue weighted by atomic mass is 19.1. The molecule has 0 amide bonds. The summed E-state index contributed by atoms with van der Waals surface area (Å²) in [7, 11) is 0. The topological polar surface area (TPSA) is 50.7 Å². The van der Waals surface area contributed by atoms with Gasteiger partial charge in [0.15, 0.2) is 11.5 Å². The van der Waals surface area contributed by atoms with Crippen LogP contribution in [0.3, 0.4) is 0 Å². The number of ether oxygens (including phenoxy) is 2. The molecule has 24 heavy (non-hydrogen) atoms. The second kappa shape index (κ2) is 9.90. The summed E-state index contributed by atoms with van der Waals surface area (Å²) in [6, 6.07) is 12.5. The highest BCUT2D eigenvalue weighted by molar-refractivity contribution is 5.43. The lowest BCUT2D eigenvalue weighted by molar-refractivity contribution is 0.194. The molecule has 0 bridgehead atoms. The monoisotopic (exact) mass is 333 g/mol. The van der Waals surface area contributed by atoms with Crippen molar-refractivity contribution in [3.63, 3.8) is 0 Å². The van der Waals surface area contributed by atoms with Gasteiger partial charge in [0.2, 0.25) is 0 Å². The van der Waals surface area contributed by atoms with Crippen LogP contribution in [0.25, 0.3) is 0 Å². The van der Waals surface area contributed by atoms with Crippen LogP contribution in [0.1, 0.15) is 18.1 Å². The van der Waals surface area contributed by atoms with E-state index < -0.39 is 0 Å². The van der Waals surface area contributed by atoms with Crippen LogP contribution < -0.4 is 14.8 Å². The third-order valence-electron chi connectivity index (χ3n) is 3.51. The average Bonchev–Trinajstić information content (AvgIpc) is 2.59. The van der Waals surface area contributed by atoms with Gasteiger partial charge >= 0.3 is 0 Å². The first-order valence-electron chi connectivity index (χ1n) is 8.18. The lowest BCUT2D eigenvalue weighted by Gasteiger charge is -2.13. The fourth-order valence-electron chi connectivity index (χ4n) is 2.36. The Hall–Kier alpha value is -2.11. The Morgan fingerprint density at radius 1 is 1.08 bits per heavy atom. The maximum Gasteiger partial charge on any atom is 0.161 e. The van der Waals surface area contributed by atoms with Crippen LogP contribution in [0.5, 0.6) is 11.5 Å². The van der Waals surface area contributed by atoms with Crippen molar-refractivity contribution in [1.82, 2.24) is 5.32 Å². The fourth-order valence-corrected chi connectivity index (χ4v) is 2.36. The molecule has 4 nitrogen and oxygen atoms in total. The van der Waals surface area contributed by atoms with Crippen LogP contribution in [-0.4, -0.2) is 31.5 Å². The predicted molar refractivity (Wildman–Crippen MR) is 92.0 cm³/mol. The molecule has 0 aromatic heterocycles. The van der Waals surface area contributed by atoms with Crippen molar-refractivity contribution in [2.24, 2.45) is 0 Å². The standard InChI is InChI=1S/C19H24FNO3/c1-2-23-19-13-15(7-8-18(19)24-12-11-22)14-21-10-9-16-5-3-4-6-17(16)20/h3-8,13,21-22H,2,9-12,14H2,1H3. The van der Waals surface area contributed by atoms with E-state index in [9.17, 15) is 4.39 Å². The third kappa shape index (κ3) is 5.51. The van der Waals surface area contributed by atoms with E-state index in [0.717, 1.165) is 5.56 Å². The van der Waals surface area contributed by atoms with Crippen molar-refractivity contribution in [2.45, 2.75) is 19.9 Å². The zero-order valence-electron chi connectivity index (χ0n) is 13.9. The molecule has 0 heterocycles. The molecule has 0 radical (unpaired) electrons. The molecule has 2 rings (SSSR count). The summed E-state index contributed by atoms with van der Waals surface area (Å²) in [5.41, 5.74) is 1.77. The molecule has 5 heteroatoms. The molecular weight excluding hydrogens is 309 g/mol. The van der Waals surface area contributed by atoms with Crippen molar-refractivity contribution >= 4 is 0 Å². The number of hydrogen-bond donors (Lipinski definition) is 2. The van der Waals surface area contributed by atoms with Crippen molar-refractivity contribution in [3.8, 4) is 11.5 Å². The van der Waals surface area contributed by atoms with E-state index in [1.54, 1.807) is 12.1 Å². The Morgan fingerprint density at radius 3 is 2.67 bits per heavy atom. The van der Waals surface area contributed by atoms with E-state index in [4.69, 9.17) is 14.6 Å². The Balaban J connectivity index is 1.87. The van der Waals surface area contributed by atoms with Crippen LogP contribution >= 0.6 is 0 Å². The highest BCUT2D eigenvalue weighted by Crippen LogP contribution is 2.28.